The van der Waals surface area contributed by atoms with E-state index in [4.69, 9.17) is 9.97 Å². The molecule has 28 heavy (non-hydrogen) atoms. The van der Waals surface area contributed by atoms with Gasteiger partial charge in [0.1, 0.15) is 5.82 Å². The minimum Gasteiger partial charge on any atom is -0.368 e. The summed E-state index contributed by atoms with van der Waals surface area (Å²) in [7, 11) is 0. The van der Waals surface area contributed by atoms with E-state index < -0.39 is 0 Å². The number of piperidine rings is 1. The highest BCUT2D eigenvalue weighted by atomic mass is 15.3. The molecular weight excluding hydrogens is 346 g/mol. The van der Waals surface area contributed by atoms with Crippen molar-refractivity contribution in [1.82, 2.24) is 9.97 Å². The van der Waals surface area contributed by atoms with Crippen LogP contribution in [0.1, 0.15) is 19.3 Å². The Bertz CT molecular complexity index is 928. The number of aromatic nitrogens is 2. The second-order valence-electron chi connectivity index (χ2n) is 7.72. The third-order valence-corrected chi connectivity index (χ3v) is 5.91. The van der Waals surface area contributed by atoms with Gasteiger partial charge in [0.2, 0.25) is 5.95 Å². The number of nitrogens with zero attached hydrogens (tertiary/aromatic N) is 5. The van der Waals surface area contributed by atoms with Crippen molar-refractivity contribution >= 4 is 28.4 Å². The molecule has 0 atom stereocenters. The van der Waals surface area contributed by atoms with Gasteiger partial charge in [-0.25, -0.2) is 4.98 Å². The minimum atomic E-state index is 0.881. The monoisotopic (exact) mass is 373 g/mol. The lowest BCUT2D eigenvalue weighted by molar-refractivity contribution is 0.573. The van der Waals surface area contributed by atoms with Crippen LogP contribution in [0.5, 0.6) is 0 Å². The van der Waals surface area contributed by atoms with E-state index in [0.29, 0.717) is 0 Å². The summed E-state index contributed by atoms with van der Waals surface area (Å²) in [6.07, 6.45) is 3.83. The lowest BCUT2D eigenvalue weighted by Crippen LogP contribution is -2.47. The molecule has 0 unspecified atom stereocenters. The van der Waals surface area contributed by atoms with Gasteiger partial charge in [-0.2, -0.15) is 4.98 Å². The normalized spacial score (nSPS) is 17.9. The second kappa shape index (κ2) is 7.66. The van der Waals surface area contributed by atoms with Gasteiger partial charge in [-0.15, -0.1) is 0 Å². The molecule has 2 saturated heterocycles. The molecule has 5 nitrogen and oxygen atoms in total. The zero-order chi connectivity index (χ0) is 18.8. The van der Waals surface area contributed by atoms with Crippen molar-refractivity contribution in [1.29, 1.82) is 0 Å². The van der Waals surface area contributed by atoms with Crippen LogP contribution < -0.4 is 14.7 Å². The van der Waals surface area contributed by atoms with E-state index >= 15 is 0 Å². The first kappa shape index (κ1) is 17.3. The van der Waals surface area contributed by atoms with Gasteiger partial charge in [0.05, 0.1) is 5.52 Å². The van der Waals surface area contributed by atoms with Crippen molar-refractivity contribution in [3.05, 3.63) is 54.6 Å². The van der Waals surface area contributed by atoms with Crippen LogP contribution >= 0.6 is 0 Å². The van der Waals surface area contributed by atoms with Crippen LogP contribution in [-0.2, 0) is 0 Å². The quantitative estimate of drug-likeness (QED) is 0.695. The number of hydrogen-bond acceptors (Lipinski definition) is 5. The van der Waals surface area contributed by atoms with E-state index in [2.05, 4.69) is 69.3 Å². The summed E-state index contributed by atoms with van der Waals surface area (Å²) in [5.74, 6) is 2.00. The average Bonchev–Trinajstić information content (AvgIpc) is 2.79. The van der Waals surface area contributed by atoms with Gasteiger partial charge >= 0.3 is 0 Å². The molecular formula is C23H27N5. The lowest BCUT2D eigenvalue weighted by atomic mass is 10.1. The Hall–Kier alpha value is -2.82. The molecule has 5 rings (SSSR count). The highest BCUT2D eigenvalue weighted by molar-refractivity contribution is 5.90. The summed E-state index contributed by atoms with van der Waals surface area (Å²) in [5.41, 5.74) is 2.36. The molecule has 2 aliphatic rings. The summed E-state index contributed by atoms with van der Waals surface area (Å²) < 4.78 is 0. The molecule has 3 aromatic rings. The number of para-hydroxylation sites is 2. The topological polar surface area (TPSA) is 35.5 Å². The number of piperazine rings is 1. The van der Waals surface area contributed by atoms with E-state index in [1.54, 1.807) is 0 Å². The number of anilines is 3. The lowest BCUT2D eigenvalue weighted by Gasteiger charge is -2.37. The van der Waals surface area contributed by atoms with Crippen LogP contribution in [0.15, 0.2) is 54.6 Å². The third kappa shape index (κ3) is 3.37. The first-order chi connectivity index (χ1) is 13.9. The van der Waals surface area contributed by atoms with E-state index in [9.17, 15) is 0 Å². The largest absolute Gasteiger partial charge is 0.368 e. The fourth-order valence-electron chi connectivity index (χ4n) is 4.34. The van der Waals surface area contributed by atoms with E-state index in [1.807, 2.05) is 0 Å². The molecule has 0 bridgehead atoms. The number of hydrogen-bond donors (Lipinski definition) is 0. The summed E-state index contributed by atoms with van der Waals surface area (Å²) in [5, 5.41) is 1.18. The van der Waals surface area contributed by atoms with E-state index in [1.165, 1.54) is 30.3 Å². The Morgan fingerprint density at radius 1 is 0.571 bits per heavy atom. The van der Waals surface area contributed by atoms with Crippen molar-refractivity contribution in [2.24, 2.45) is 0 Å². The first-order valence-electron chi connectivity index (χ1n) is 10.5. The Balaban J connectivity index is 1.42. The smallest absolute Gasteiger partial charge is 0.228 e. The van der Waals surface area contributed by atoms with Crippen LogP contribution in [0.25, 0.3) is 10.9 Å². The van der Waals surface area contributed by atoms with E-state index in [-0.39, 0.29) is 0 Å². The summed E-state index contributed by atoms with van der Waals surface area (Å²) in [6, 6.07) is 19.1. The van der Waals surface area contributed by atoms with Crippen molar-refractivity contribution < 1.29 is 0 Å². The molecule has 0 radical (unpaired) electrons. The zero-order valence-electron chi connectivity index (χ0n) is 16.3. The summed E-state index contributed by atoms with van der Waals surface area (Å²) >= 11 is 0. The maximum atomic E-state index is 5.07. The molecule has 0 amide bonds. The highest BCUT2D eigenvalue weighted by Crippen LogP contribution is 2.29. The van der Waals surface area contributed by atoms with Gasteiger partial charge in [-0.1, -0.05) is 30.3 Å². The number of fused-ring (bicyclic) bond motifs is 1. The molecule has 2 fully saturated rings. The van der Waals surface area contributed by atoms with Crippen LogP contribution in [0, 0.1) is 0 Å². The molecule has 0 spiro atoms. The Kier molecular flexibility index (Phi) is 4.73. The summed E-state index contributed by atoms with van der Waals surface area (Å²) in [4.78, 5) is 17.2. The van der Waals surface area contributed by atoms with Gasteiger partial charge in [-0.3, -0.25) is 0 Å². The maximum Gasteiger partial charge on any atom is 0.228 e. The van der Waals surface area contributed by atoms with Gasteiger partial charge in [0.15, 0.2) is 0 Å². The molecule has 3 heterocycles. The Morgan fingerprint density at radius 2 is 1.25 bits per heavy atom. The Morgan fingerprint density at radius 3 is 2.04 bits per heavy atom. The molecule has 0 saturated carbocycles. The first-order valence-corrected chi connectivity index (χ1v) is 10.5. The van der Waals surface area contributed by atoms with Gasteiger partial charge in [0.25, 0.3) is 0 Å². The third-order valence-electron chi connectivity index (χ3n) is 5.91. The molecule has 144 valence electrons. The fraction of sp³-hybridized carbons (Fsp3) is 0.391. The van der Waals surface area contributed by atoms with Crippen LogP contribution in [0.3, 0.4) is 0 Å². The summed E-state index contributed by atoms with van der Waals surface area (Å²) in [6.45, 7) is 6.10. The molecule has 2 aromatic carbocycles. The van der Waals surface area contributed by atoms with Crippen LogP contribution in [0.2, 0.25) is 0 Å². The highest BCUT2D eigenvalue weighted by Gasteiger charge is 2.22. The SMILES string of the molecule is c1ccc(N2CCN(c3nc(N4CCCCC4)c4ccccc4n3)CC2)cc1. The minimum absolute atomic E-state index is 0.881. The van der Waals surface area contributed by atoms with Crippen molar-refractivity contribution in [3.63, 3.8) is 0 Å². The van der Waals surface area contributed by atoms with Crippen LogP contribution in [-0.4, -0.2) is 49.2 Å². The van der Waals surface area contributed by atoms with Gasteiger partial charge in [0, 0.05) is 50.3 Å². The molecule has 0 N–H and O–H groups in total. The maximum absolute atomic E-state index is 5.07. The van der Waals surface area contributed by atoms with Crippen LogP contribution in [0.4, 0.5) is 17.5 Å². The molecule has 2 aliphatic heterocycles. The van der Waals surface area contributed by atoms with Crippen molar-refractivity contribution in [2.45, 2.75) is 19.3 Å². The number of rotatable bonds is 3. The average molecular weight is 374 g/mol. The van der Waals surface area contributed by atoms with E-state index in [0.717, 1.165) is 56.6 Å². The fourth-order valence-corrected chi connectivity index (χ4v) is 4.34. The number of benzene rings is 2. The standard InChI is InChI=1S/C23H27N5/c1-3-9-19(10-4-1)26-15-17-28(18-16-26)23-24-21-12-6-5-11-20(21)22(25-23)27-13-7-2-8-14-27/h1,3-6,9-12H,2,7-8,13-18H2. The molecule has 1 aromatic heterocycles. The van der Waals surface area contributed by atoms with Crippen molar-refractivity contribution in [2.75, 3.05) is 54.0 Å². The predicted octanol–water partition coefficient (Wildman–Crippen LogP) is 3.95. The zero-order valence-corrected chi connectivity index (χ0v) is 16.3. The van der Waals surface area contributed by atoms with Gasteiger partial charge in [-0.05, 0) is 43.5 Å². The predicted molar refractivity (Wildman–Crippen MR) is 116 cm³/mol. The molecule has 5 heteroatoms. The second-order valence-corrected chi connectivity index (χ2v) is 7.72. The van der Waals surface area contributed by atoms with Crippen molar-refractivity contribution in [3.8, 4) is 0 Å². The Labute approximate surface area is 166 Å². The van der Waals surface area contributed by atoms with Gasteiger partial charge < -0.3 is 14.7 Å². The molecule has 0 aliphatic carbocycles.